The molecule has 1 amide bonds. The lowest BCUT2D eigenvalue weighted by atomic mass is 10.1. The second kappa shape index (κ2) is 10.6. The van der Waals surface area contributed by atoms with Crippen molar-refractivity contribution in [2.45, 2.75) is 19.4 Å². The van der Waals surface area contributed by atoms with E-state index in [9.17, 15) is 4.79 Å². The van der Waals surface area contributed by atoms with Crippen LogP contribution in [0.15, 0.2) is 66.7 Å². The largest absolute Gasteiger partial charge is 0.338 e. The molecule has 24 heavy (non-hydrogen) atoms. The number of nitrogens with two attached hydrogens (primary N) is 1. The number of carbonyl (C=O) groups is 1. The number of nitrogens with zero attached hydrogens (tertiary/aromatic N) is 1. The highest BCUT2D eigenvalue weighted by atomic mass is 35.5. The van der Waals surface area contributed by atoms with Crippen molar-refractivity contribution in [3.63, 3.8) is 0 Å². The maximum absolute atomic E-state index is 12.5. The Balaban J connectivity index is 0.00000288. The van der Waals surface area contributed by atoms with E-state index in [-0.39, 0.29) is 18.3 Å². The Labute approximate surface area is 150 Å². The molecule has 0 aliphatic heterocycles. The molecular weight excluding hydrogens is 320 g/mol. The van der Waals surface area contributed by atoms with E-state index in [0.717, 1.165) is 11.1 Å². The molecule has 0 spiro atoms. The monoisotopic (exact) mass is 344 g/mol. The Morgan fingerprint density at radius 2 is 1.67 bits per heavy atom. The lowest BCUT2D eigenvalue weighted by molar-refractivity contribution is -0.131. The first kappa shape index (κ1) is 19.9. The topological polar surface area (TPSA) is 46.3 Å². The van der Waals surface area contributed by atoms with Crippen LogP contribution in [0.5, 0.6) is 0 Å². The summed E-state index contributed by atoms with van der Waals surface area (Å²) in [5, 5.41) is 0. The van der Waals surface area contributed by atoms with Gasteiger partial charge in [-0.1, -0.05) is 72.8 Å². The summed E-state index contributed by atoms with van der Waals surface area (Å²) >= 11 is 0. The molecule has 2 rings (SSSR count). The van der Waals surface area contributed by atoms with Crippen molar-refractivity contribution < 1.29 is 4.79 Å². The van der Waals surface area contributed by atoms with Crippen LogP contribution in [0.2, 0.25) is 0 Å². The molecule has 2 N–H and O–H groups in total. The van der Waals surface area contributed by atoms with Crippen molar-refractivity contribution in [1.82, 2.24) is 4.90 Å². The Bertz CT molecular complexity index is 629. The number of amides is 1. The zero-order valence-corrected chi connectivity index (χ0v) is 14.8. The number of benzene rings is 2. The highest BCUT2D eigenvalue weighted by Crippen LogP contribution is 2.06. The zero-order chi connectivity index (χ0) is 16.5. The minimum atomic E-state index is -0.498. The molecule has 1 atom stereocenters. The Hall–Kier alpha value is -2.10. The molecule has 3 nitrogen and oxygen atoms in total. The smallest absolute Gasteiger partial charge is 0.240 e. The standard InChI is InChI=1S/C20H24N2O.ClH/c1-2-22(15-9-14-17-10-5-3-6-11-17)20(23)19(21)16-18-12-7-4-8-13-18;/h3-14,19H,2,15-16,21H2,1H3;1H/b14-9+;/t19-;/m1./s1. The number of likely N-dealkylation sites (N-methyl/N-ethyl adjacent to an activating group) is 1. The third kappa shape index (κ3) is 6.19. The number of hydrogen-bond donors (Lipinski definition) is 1. The Morgan fingerprint density at radius 3 is 2.25 bits per heavy atom. The van der Waals surface area contributed by atoms with Crippen molar-refractivity contribution in [3.8, 4) is 0 Å². The Kier molecular flexibility index (Phi) is 8.84. The molecule has 0 radical (unpaired) electrons. The molecule has 0 heterocycles. The maximum Gasteiger partial charge on any atom is 0.240 e. The van der Waals surface area contributed by atoms with Gasteiger partial charge in [-0.2, -0.15) is 0 Å². The highest BCUT2D eigenvalue weighted by molar-refractivity contribution is 5.85. The maximum atomic E-state index is 12.5. The minimum absolute atomic E-state index is 0. The molecule has 0 saturated heterocycles. The third-order valence-electron chi connectivity index (χ3n) is 3.74. The molecule has 2 aromatic rings. The van der Waals surface area contributed by atoms with Gasteiger partial charge in [-0.3, -0.25) is 4.79 Å². The van der Waals surface area contributed by atoms with Crippen molar-refractivity contribution in [2.24, 2.45) is 5.73 Å². The van der Waals surface area contributed by atoms with E-state index in [1.807, 2.05) is 79.7 Å². The lowest BCUT2D eigenvalue weighted by Gasteiger charge is -2.23. The van der Waals surface area contributed by atoms with Crippen molar-refractivity contribution >= 4 is 24.4 Å². The van der Waals surface area contributed by atoms with Gasteiger partial charge in [0, 0.05) is 13.1 Å². The molecule has 0 bridgehead atoms. The van der Waals surface area contributed by atoms with Gasteiger partial charge >= 0.3 is 0 Å². The summed E-state index contributed by atoms with van der Waals surface area (Å²) < 4.78 is 0. The van der Waals surface area contributed by atoms with Crippen LogP contribution in [0.1, 0.15) is 18.1 Å². The zero-order valence-electron chi connectivity index (χ0n) is 14.0. The number of rotatable bonds is 7. The molecule has 0 aliphatic rings. The summed E-state index contributed by atoms with van der Waals surface area (Å²) in [6.07, 6.45) is 4.60. The first-order valence-corrected chi connectivity index (χ1v) is 8.00. The van der Waals surface area contributed by atoms with Crippen LogP contribution in [0.4, 0.5) is 0 Å². The summed E-state index contributed by atoms with van der Waals surface area (Å²) in [7, 11) is 0. The van der Waals surface area contributed by atoms with Gasteiger partial charge in [-0.15, -0.1) is 12.4 Å². The summed E-state index contributed by atoms with van der Waals surface area (Å²) in [4.78, 5) is 14.3. The fourth-order valence-corrected chi connectivity index (χ4v) is 2.44. The predicted molar refractivity (Wildman–Crippen MR) is 103 cm³/mol. The van der Waals surface area contributed by atoms with Gasteiger partial charge < -0.3 is 10.6 Å². The minimum Gasteiger partial charge on any atom is -0.338 e. The summed E-state index contributed by atoms with van der Waals surface area (Å²) in [6, 6.07) is 19.5. The normalized spacial score (nSPS) is 11.8. The van der Waals surface area contributed by atoms with E-state index in [4.69, 9.17) is 5.73 Å². The van der Waals surface area contributed by atoms with Crippen LogP contribution in [-0.2, 0) is 11.2 Å². The van der Waals surface area contributed by atoms with Crippen LogP contribution < -0.4 is 5.73 Å². The SMILES string of the molecule is CCN(C/C=C/c1ccccc1)C(=O)[C@H](N)Cc1ccccc1.Cl. The molecule has 4 heteroatoms. The number of hydrogen-bond acceptors (Lipinski definition) is 2. The van der Waals surface area contributed by atoms with Crippen LogP contribution in [-0.4, -0.2) is 29.9 Å². The average Bonchev–Trinajstić information content (AvgIpc) is 2.60. The summed E-state index contributed by atoms with van der Waals surface area (Å²) in [6.45, 7) is 3.21. The number of carbonyl (C=O) groups excluding carboxylic acids is 1. The molecule has 128 valence electrons. The van der Waals surface area contributed by atoms with Crippen molar-refractivity contribution in [3.05, 3.63) is 77.9 Å². The highest BCUT2D eigenvalue weighted by Gasteiger charge is 2.19. The van der Waals surface area contributed by atoms with Crippen LogP contribution >= 0.6 is 12.4 Å². The quantitative estimate of drug-likeness (QED) is 0.835. The summed E-state index contributed by atoms with van der Waals surface area (Å²) in [5.41, 5.74) is 8.31. The molecule has 0 fully saturated rings. The molecule has 0 saturated carbocycles. The van der Waals surface area contributed by atoms with Gasteiger partial charge in [0.25, 0.3) is 0 Å². The molecule has 0 aliphatic carbocycles. The fourth-order valence-electron chi connectivity index (χ4n) is 2.44. The molecular formula is C20H25ClN2O. The van der Waals surface area contributed by atoms with Crippen molar-refractivity contribution in [1.29, 1.82) is 0 Å². The first-order chi connectivity index (χ1) is 11.2. The molecule has 0 unspecified atom stereocenters. The molecule has 0 aromatic heterocycles. The first-order valence-electron chi connectivity index (χ1n) is 8.00. The second-order valence-corrected chi connectivity index (χ2v) is 5.49. The lowest BCUT2D eigenvalue weighted by Crippen LogP contribution is -2.44. The van der Waals surface area contributed by atoms with E-state index in [2.05, 4.69) is 0 Å². The van der Waals surface area contributed by atoms with Gasteiger partial charge in [0.2, 0.25) is 5.91 Å². The third-order valence-corrected chi connectivity index (χ3v) is 3.74. The van der Waals surface area contributed by atoms with Crippen LogP contribution in [0, 0.1) is 0 Å². The Morgan fingerprint density at radius 1 is 1.08 bits per heavy atom. The molecule has 2 aromatic carbocycles. The van der Waals surface area contributed by atoms with E-state index in [1.54, 1.807) is 4.90 Å². The van der Waals surface area contributed by atoms with Crippen molar-refractivity contribution in [2.75, 3.05) is 13.1 Å². The van der Waals surface area contributed by atoms with Gasteiger partial charge in [0.15, 0.2) is 0 Å². The van der Waals surface area contributed by atoms with Crippen LogP contribution in [0.25, 0.3) is 6.08 Å². The van der Waals surface area contributed by atoms with E-state index in [0.29, 0.717) is 19.5 Å². The summed E-state index contributed by atoms with van der Waals surface area (Å²) in [5.74, 6) is -0.00550. The average molecular weight is 345 g/mol. The number of halogens is 1. The van der Waals surface area contributed by atoms with E-state index in [1.165, 1.54) is 0 Å². The van der Waals surface area contributed by atoms with E-state index < -0.39 is 6.04 Å². The predicted octanol–water partition coefficient (Wildman–Crippen LogP) is 3.54. The second-order valence-electron chi connectivity index (χ2n) is 5.49. The van der Waals surface area contributed by atoms with Crippen LogP contribution in [0.3, 0.4) is 0 Å². The van der Waals surface area contributed by atoms with Gasteiger partial charge in [-0.05, 0) is 24.5 Å². The van der Waals surface area contributed by atoms with Gasteiger partial charge in [0.1, 0.15) is 0 Å². The van der Waals surface area contributed by atoms with Gasteiger partial charge in [-0.25, -0.2) is 0 Å². The fraction of sp³-hybridized carbons (Fsp3) is 0.250. The van der Waals surface area contributed by atoms with Gasteiger partial charge in [0.05, 0.1) is 6.04 Å². The van der Waals surface area contributed by atoms with E-state index >= 15 is 0 Å².